The highest BCUT2D eigenvalue weighted by atomic mass is 32.2. The maximum atomic E-state index is 11.9. The zero-order valence-electron chi connectivity index (χ0n) is 12.3. The number of rotatable bonds is 9. The Kier molecular flexibility index (Phi) is 7.85. The van der Waals surface area contributed by atoms with Gasteiger partial charge in [0.2, 0.25) is 0 Å². The molecule has 116 valence electrons. The number of carbonyl (C=O) groups is 2. The fourth-order valence-corrected chi connectivity index (χ4v) is 2.08. The summed E-state index contributed by atoms with van der Waals surface area (Å²) in [5.41, 5.74) is 1.61. The largest absolute Gasteiger partial charge is 0.481 e. The van der Waals surface area contributed by atoms with E-state index in [1.807, 2.05) is 26.0 Å². The molecular weight excluding hydrogens is 290 g/mol. The highest BCUT2D eigenvalue weighted by Gasteiger charge is 2.05. The summed E-state index contributed by atoms with van der Waals surface area (Å²) in [6.07, 6.45) is 0.177. The molecule has 0 aliphatic heterocycles. The van der Waals surface area contributed by atoms with Crippen molar-refractivity contribution in [2.45, 2.75) is 26.6 Å². The van der Waals surface area contributed by atoms with E-state index in [9.17, 15) is 9.59 Å². The van der Waals surface area contributed by atoms with Gasteiger partial charge in [-0.05, 0) is 31.5 Å². The van der Waals surface area contributed by atoms with E-state index in [4.69, 9.17) is 9.84 Å². The predicted octanol–water partition coefficient (Wildman–Crippen LogP) is 2.16. The van der Waals surface area contributed by atoms with Crippen molar-refractivity contribution in [3.05, 3.63) is 35.4 Å². The molecule has 0 bridgehead atoms. The predicted molar refractivity (Wildman–Crippen MR) is 83.7 cm³/mol. The molecule has 0 atom stereocenters. The number of hydrogen-bond donors (Lipinski definition) is 2. The lowest BCUT2D eigenvalue weighted by atomic mass is 10.1. The van der Waals surface area contributed by atoms with Gasteiger partial charge in [0.25, 0.3) is 5.91 Å². The van der Waals surface area contributed by atoms with Crippen LogP contribution in [0, 0.1) is 0 Å². The second-order valence-corrected chi connectivity index (χ2v) is 5.86. The smallest absolute Gasteiger partial charge is 0.313 e. The number of carbonyl (C=O) groups excluding carboxylic acids is 1. The van der Waals surface area contributed by atoms with E-state index >= 15 is 0 Å². The molecule has 21 heavy (non-hydrogen) atoms. The average Bonchev–Trinajstić information content (AvgIpc) is 2.44. The minimum Gasteiger partial charge on any atom is -0.481 e. The Morgan fingerprint density at radius 1 is 1.29 bits per heavy atom. The average molecular weight is 311 g/mol. The number of carboxylic acid groups (broad SMARTS) is 1. The molecule has 2 N–H and O–H groups in total. The number of ether oxygens (including phenoxy) is 1. The van der Waals surface area contributed by atoms with E-state index in [0.29, 0.717) is 24.5 Å². The van der Waals surface area contributed by atoms with Crippen LogP contribution in [0.15, 0.2) is 24.3 Å². The summed E-state index contributed by atoms with van der Waals surface area (Å²) in [7, 11) is 0. The molecule has 0 aromatic heterocycles. The van der Waals surface area contributed by atoms with Crippen molar-refractivity contribution in [1.29, 1.82) is 0 Å². The SMILES string of the molecule is CC(C)OCc1ccc(C(=O)NCCSCC(=O)O)cc1. The number of carboxylic acids is 1. The number of thioether (sulfide) groups is 1. The van der Waals surface area contributed by atoms with Gasteiger partial charge in [0, 0.05) is 17.9 Å². The third kappa shape index (κ3) is 7.72. The number of benzene rings is 1. The first-order chi connectivity index (χ1) is 9.99. The Morgan fingerprint density at radius 3 is 2.52 bits per heavy atom. The van der Waals surface area contributed by atoms with Crippen LogP contribution in [0.5, 0.6) is 0 Å². The van der Waals surface area contributed by atoms with Crippen molar-refractivity contribution in [1.82, 2.24) is 5.32 Å². The topological polar surface area (TPSA) is 75.6 Å². The van der Waals surface area contributed by atoms with Crippen LogP contribution in [0.3, 0.4) is 0 Å². The van der Waals surface area contributed by atoms with Crippen molar-refractivity contribution >= 4 is 23.6 Å². The van der Waals surface area contributed by atoms with Crippen LogP contribution in [0.2, 0.25) is 0 Å². The van der Waals surface area contributed by atoms with E-state index in [1.54, 1.807) is 12.1 Å². The van der Waals surface area contributed by atoms with Crippen molar-refractivity contribution in [2.75, 3.05) is 18.1 Å². The Balaban J connectivity index is 2.32. The third-order valence-electron chi connectivity index (χ3n) is 2.56. The fraction of sp³-hybridized carbons (Fsp3) is 0.467. The molecule has 0 saturated heterocycles. The van der Waals surface area contributed by atoms with Crippen LogP contribution in [0.1, 0.15) is 29.8 Å². The lowest BCUT2D eigenvalue weighted by molar-refractivity contribution is -0.133. The first kappa shape index (κ1) is 17.5. The minimum atomic E-state index is -0.842. The molecule has 0 aliphatic carbocycles. The zero-order valence-corrected chi connectivity index (χ0v) is 13.1. The lowest BCUT2D eigenvalue weighted by Crippen LogP contribution is -2.26. The van der Waals surface area contributed by atoms with E-state index in [1.165, 1.54) is 11.8 Å². The molecule has 0 aliphatic rings. The van der Waals surface area contributed by atoms with E-state index < -0.39 is 5.97 Å². The molecule has 0 radical (unpaired) electrons. The van der Waals surface area contributed by atoms with Gasteiger partial charge in [0.15, 0.2) is 0 Å². The molecule has 1 rings (SSSR count). The van der Waals surface area contributed by atoms with Gasteiger partial charge in [-0.1, -0.05) is 12.1 Å². The summed E-state index contributed by atoms with van der Waals surface area (Å²) in [5, 5.41) is 11.2. The van der Waals surface area contributed by atoms with Crippen LogP contribution in [-0.4, -0.2) is 41.1 Å². The molecule has 0 saturated carbocycles. The summed E-state index contributed by atoms with van der Waals surface area (Å²) in [6.45, 7) is 4.94. The Labute approximate surface area is 129 Å². The minimum absolute atomic E-state index is 0.0560. The first-order valence-electron chi connectivity index (χ1n) is 6.77. The van der Waals surface area contributed by atoms with Crippen molar-refractivity contribution in [2.24, 2.45) is 0 Å². The molecule has 0 spiro atoms. The van der Waals surface area contributed by atoms with E-state index in [0.717, 1.165) is 5.56 Å². The molecule has 6 heteroatoms. The van der Waals surface area contributed by atoms with Crippen LogP contribution in [0.25, 0.3) is 0 Å². The Hall–Kier alpha value is -1.53. The molecule has 1 amide bonds. The van der Waals surface area contributed by atoms with E-state index in [2.05, 4.69) is 5.32 Å². The molecule has 0 heterocycles. The van der Waals surface area contributed by atoms with Crippen molar-refractivity contribution in [3.63, 3.8) is 0 Å². The number of hydrogen-bond acceptors (Lipinski definition) is 4. The van der Waals surface area contributed by atoms with E-state index in [-0.39, 0.29) is 17.8 Å². The molecular formula is C15H21NO4S. The summed E-state index contributed by atoms with van der Waals surface area (Å²) >= 11 is 1.28. The molecule has 1 aromatic rings. The van der Waals surface area contributed by atoms with Gasteiger partial charge in [-0.3, -0.25) is 9.59 Å². The third-order valence-corrected chi connectivity index (χ3v) is 3.50. The van der Waals surface area contributed by atoms with Gasteiger partial charge in [-0.2, -0.15) is 0 Å². The maximum absolute atomic E-state index is 11.9. The molecule has 0 fully saturated rings. The number of aliphatic carboxylic acids is 1. The molecule has 0 unspecified atom stereocenters. The monoisotopic (exact) mass is 311 g/mol. The Morgan fingerprint density at radius 2 is 1.95 bits per heavy atom. The number of nitrogens with one attached hydrogen (secondary N) is 1. The second kappa shape index (κ2) is 9.41. The highest BCUT2D eigenvalue weighted by Crippen LogP contribution is 2.07. The van der Waals surface area contributed by atoms with Gasteiger partial charge in [0.1, 0.15) is 0 Å². The highest BCUT2D eigenvalue weighted by molar-refractivity contribution is 7.99. The van der Waals surface area contributed by atoms with Crippen LogP contribution in [0.4, 0.5) is 0 Å². The van der Waals surface area contributed by atoms with Crippen LogP contribution >= 0.6 is 11.8 Å². The zero-order chi connectivity index (χ0) is 15.7. The quantitative estimate of drug-likeness (QED) is 0.684. The van der Waals surface area contributed by atoms with Crippen LogP contribution < -0.4 is 5.32 Å². The Bertz CT molecular complexity index is 459. The maximum Gasteiger partial charge on any atom is 0.313 e. The van der Waals surface area contributed by atoms with Crippen molar-refractivity contribution in [3.8, 4) is 0 Å². The van der Waals surface area contributed by atoms with Gasteiger partial charge in [-0.25, -0.2) is 0 Å². The van der Waals surface area contributed by atoms with Gasteiger partial charge in [0.05, 0.1) is 18.5 Å². The molecule has 5 nitrogen and oxygen atoms in total. The van der Waals surface area contributed by atoms with Crippen LogP contribution in [-0.2, 0) is 16.1 Å². The summed E-state index contributed by atoms with van der Waals surface area (Å²) in [6, 6.07) is 7.27. The first-order valence-corrected chi connectivity index (χ1v) is 7.93. The van der Waals surface area contributed by atoms with Gasteiger partial charge < -0.3 is 15.2 Å². The standard InChI is InChI=1S/C15H21NO4S/c1-11(2)20-9-12-3-5-13(6-4-12)15(19)16-7-8-21-10-14(17)18/h3-6,11H,7-10H2,1-2H3,(H,16,19)(H,17,18). The summed E-state index contributed by atoms with van der Waals surface area (Å²) in [4.78, 5) is 22.2. The molecule has 1 aromatic carbocycles. The summed E-state index contributed by atoms with van der Waals surface area (Å²) < 4.78 is 5.49. The normalized spacial score (nSPS) is 10.6. The van der Waals surface area contributed by atoms with Gasteiger partial charge >= 0.3 is 5.97 Å². The second-order valence-electron chi connectivity index (χ2n) is 4.76. The van der Waals surface area contributed by atoms with Gasteiger partial charge in [-0.15, -0.1) is 11.8 Å². The van der Waals surface area contributed by atoms with Crippen molar-refractivity contribution < 1.29 is 19.4 Å². The lowest BCUT2D eigenvalue weighted by Gasteiger charge is -2.08. The fourth-order valence-electron chi connectivity index (χ4n) is 1.51. The summed E-state index contributed by atoms with van der Waals surface area (Å²) in [5.74, 6) is -0.355. The number of amides is 1.